The largest absolute Gasteiger partial charge is 0.461 e. The first-order chi connectivity index (χ1) is 13.3. The van der Waals surface area contributed by atoms with Gasteiger partial charge in [0.05, 0.1) is 12.6 Å². The van der Waals surface area contributed by atoms with E-state index in [1.807, 2.05) is 39.0 Å². The Kier molecular flexibility index (Phi) is 8.32. The second-order valence-corrected chi connectivity index (χ2v) is 8.91. The normalized spacial score (nSPS) is 12.3. The molecule has 0 saturated carbocycles. The lowest BCUT2D eigenvalue weighted by Gasteiger charge is -2.22. The van der Waals surface area contributed by atoms with Gasteiger partial charge >= 0.3 is 12.1 Å². The Bertz CT molecular complexity index is 772. The molecule has 28 heavy (non-hydrogen) atoms. The third-order valence-electron chi connectivity index (χ3n) is 3.39. The smallest absolute Gasteiger partial charge is 0.408 e. The first-order valence-electron chi connectivity index (χ1n) is 9.02. The predicted molar refractivity (Wildman–Crippen MR) is 113 cm³/mol. The van der Waals surface area contributed by atoms with E-state index in [0.29, 0.717) is 10.8 Å². The first-order valence-corrected chi connectivity index (χ1v) is 11.1. The predicted octanol–water partition coefficient (Wildman–Crippen LogP) is 4.82. The number of rotatable bonds is 8. The van der Waals surface area contributed by atoms with Crippen molar-refractivity contribution in [2.75, 3.05) is 12.4 Å². The van der Waals surface area contributed by atoms with Gasteiger partial charge in [-0.05, 0) is 33.3 Å². The van der Waals surface area contributed by atoms with Crippen LogP contribution in [0, 0.1) is 0 Å². The van der Waals surface area contributed by atoms with E-state index in [4.69, 9.17) is 9.47 Å². The van der Waals surface area contributed by atoms with Gasteiger partial charge in [0.25, 0.3) is 0 Å². The van der Waals surface area contributed by atoms with E-state index >= 15 is 0 Å². The van der Waals surface area contributed by atoms with Crippen LogP contribution in [0.5, 0.6) is 0 Å². The van der Waals surface area contributed by atoms with E-state index < -0.39 is 17.7 Å². The summed E-state index contributed by atoms with van der Waals surface area (Å²) in [4.78, 5) is 28.5. The Balaban J connectivity index is 2.06. The molecule has 0 radical (unpaired) electrons. The van der Waals surface area contributed by atoms with E-state index in [2.05, 4.69) is 22.4 Å². The zero-order valence-electron chi connectivity index (χ0n) is 16.6. The second-order valence-electron chi connectivity index (χ2n) is 6.99. The molecule has 0 saturated heterocycles. The number of benzene rings is 1. The van der Waals surface area contributed by atoms with Crippen molar-refractivity contribution in [2.45, 2.75) is 45.1 Å². The molecular weight excluding hydrogens is 396 g/mol. The number of esters is 1. The van der Waals surface area contributed by atoms with Gasteiger partial charge in [0, 0.05) is 16.9 Å². The molecule has 0 unspecified atom stereocenters. The van der Waals surface area contributed by atoms with Crippen LogP contribution in [0.2, 0.25) is 0 Å². The zero-order chi connectivity index (χ0) is 20.6. The molecule has 6 nitrogen and oxygen atoms in total. The van der Waals surface area contributed by atoms with Crippen LogP contribution in [0.25, 0.3) is 0 Å². The van der Waals surface area contributed by atoms with Gasteiger partial charge in [-0.3, -0.25) is 0 Å². The zero-order valence-corrected chi connectivity index (χ0v) is 18.2. The number of carbonyl (C=O) groups is 2. The highest BCUT2D eigenvalue weighted by Gasteiger charge is 2.24. The fourth-order valence-electron chi connectivity index (χ4n) is 2.24. The number of alkyl carbamates (subject to hydrolysis) is 1. The highest BCUT2D eigenvalue weighted by Crippen LogP contribution is 2.25. The van der Waals surface area contributed by atoms with E-state index in [-0.39, 0.29) is 18.3 Å². The van der Waals surface area contributed by atoms with Crippen molar-refractivity contribution < 1.29 is 19.1 Å². The topological polar surface area (TPSA) is 77.5 Å². The molecule has 1 amide bonds. The van der Waals surface area contributed by atoms with Crippen molar-refractivity contribution >= 4 is 35.2 Å². The van der Waals surface area contributed by atoms with E-state index in [0.717, 1.165) is 5.75 Å². The molecule has 1 atom stereocenters. The van der Waals surface area contributed by atoms with Crippen molar-refractivity contribution in [3.05, 3.63) is 52.0 Å². The highest BCUT2D eigenvalue weighted by molar-refractivity contribution is 7.98. The molecule has 0 aliphatic heterocycles. The van der Waals surface area contributed by atoms with Crippen molar-refractivity contribution in [3.8, 4) is 0 Å². The number of thiazole rings is 1. The lowest BCUT2D eigenvalue weighted by atomic mass is 10.2. The van der Waals surface area contributed by atoms with E-state index in [1.165, 1.54) is 16.9 Å². The van der Waals surface area contributed by atoms with Crippen LogP contribution in [-0.4, -0.2) is 35.0 Å². The quantitative estimate of drug-likeness (QED) is 0.615. The average Bonchev–Trinajstić information content (AvgIpc) is 3.10. The summed E-state index contributed by atoms with van der Waals surface area (Å²) in [6.45, 7) is 7.48. The molecule has 1 N–H and O–H groups in total. The summed E-state index contributed by atoms with van der Waals surface area (Å²) >= 11 is 3.00. The fourth-order valence-corrected chi connectivity index (χ4v) is 4.21. The Hall–Kier alpha value is -2.06. The molecule has 0 bridgehead atoms. The molecule has 0 fully saturated rings. The van der Waals surface area contributed by atoms with Crippen molar-refractivity contribution in [2.24, 2.45) is 0 Å². The summed E-state index contributed by atoms with van der Waals surface area (Å²) in [5.41, 5.74) is 0.867. The van der Waals surface area contributed by atoms with Gasteiger partial charge in [-0.1, -0.05) is 30.3 Å². The number of hydrogen-bond donors (Lipinski definition) is 1. The van der Waals surface area contributed by atoms with E-state index in [1.54, 1.807) is 24.1 Å². The lowest BCUT2D eigenvalue weighted by Crippen LogP contribution is -2.36. The van der Waals surface area contributed by atoms with Crippen LogP contribution in [0.4, 0.5) is 4.79 Å². The third kappa shape index (κ3) is 7.52. The molecular formula is C20H26N2O4S2. The lowest BCUT2D eigenvalue weighted by molar-refractivity contribution is 0.0507. The summed E-state index contributed by atoms with van der Waals surface area (Å²) in [5.74, 6) is 0.950. The highest BCUT2D eigenvalue weighted by atomic mass is 32.2. The minimum atomic E-state index is -0.592. The van der Waals surface area contributed by atoms with Crippen molar-refractivity contribution in [1.82, 2.24) is 10.3 Å². The van der Waals surface area contributed by atoms with Crippen LogP contribution in [-0.2, 0) is 15.2 Å². The second kappa shape index (κ2) is 10.5. The van der Waals surface area contributed by atoms with Crippen molar-refractivity contribution in [3.63, 3.8) is 0 Å². The van der Waals surface area contributed by atoms with Gasteiger partial charge in [0.15, 0.2) is 5.69 Å². The van der Waals surface area contributed by atoms with Gasteiger partial charge < -0.3 is 14.8 Å². The summed E-state index contributed by atoms with van der Waals surface area (Å²) in [6.07, 6.45) is -0.509. The number of amides is 1. The summed E-state index contributed by atoms with van der Waals surface area (Å²) < 4.78 is 10.4. The number of thioether (sulfide) groups is 1. The number of aromatic nitrogens is 1. The van der Waals surface area contributed by atoms with Crippen LogP contribution < -0.4 is 5.32 Å². The van der Waals surface area contributed by atoms with Crippen LogP contribution in [0.15, 0.2) is 35.7 Å². The Morgan fingerprint density at radius 1 is 1.25 bits per heavy atom. The molecule has 0 spiro atoms. The maximum atomic E-state index is 12.3. The molecule has 1 heterocycles. The number of nitrogens with one attached hydrogen (secondary N) is 1. The molecule has 152 valence electrons. The Labute approximate surface area is 174 Å². The minimum absolute atomic E-state index is 0.255. The summed E-state index contributed by atoms with van der Waals surface area (Å²) in [6, 6.07) is 9.74. The van der Waals surface area contributed by atoms with Gasteiger partial charge in [-0.15, -0.1) is 11.3 Å². The number of hydrogen-bond acceptors (Lipinski definition) is 7. The summed E-state index contributed by atoms with van der Waals surface area (Å²) in [5, 5.41) is 5.17. The SMILES string of the molecule is CCOC(=O)c1csc([C@H](CSCc2ccccc2)NC(=O)OC(C)(C)C)n1. The Morgan fingerprint density at radius 3 is 2.61 bits per heavy atom. The Morgan fingerprint density at radius 2 is 1.96 bits per heavy atom. The number of ether oxygens (including phenoxy) is 2. The van der Waals surface area contributed by atoms with Gasteiger partial charge in [-0.25, -0.2) is 14.6 Å². The maximum Gasteiger partial charge on any atom is 0.408 e. The fraction of sp³-hybridized carbons (Fsp3) is 0.450. The van der Waals surface area contributed by atoms with Gasteiger partial charge in [0.2, 0.25) is 0 Å². The van der Waals surface area contributed by atoms with Gasteiger partial charge in [-0.2, -0.15) is 11.8 Å². The molecule has 1 aromatic carbocycles. The third-order valence-corrected chi connectivity index (χ3v) is 5.46. The molecule has 2 aromatic rings. The van der Waals surface area contributed by atoms with Crippen LogP contribution >= 0.6 is 23.1 Å². The molecule has 8 heteroatoms. The monoisotopic (exact) mass is 422 g/mol. The first kappa shape index (κ1) is 22.2. The molecule has 0 aliphatic carbocycles. The van der Waals surface area contributed by atoms with Crippen LogP contribution in [0.3, 0.4) is 0 Å². The van der Waals surface area contributed by atoms with Gasteiger partial charge in [0.1, 0.15) is 10.6 Å². The standard InChI is InChI=1S/C20H26N2O4S2/c1-5-25-18(23)16-13-28-17(21-16)15(22-19(24)26-20(2,3)4)12-27-11-14-9-7-6-8-10-14/h6-10,13,15H,5,11-12H2,1-4H3,(H,22,24)/t15-/m0/s1. The molecule has 1 aromatic heterocycles. The van der Waals surface area contributed by atoms with Crippen molar-refractivity contribution in [1.29, 1.82) is 0 Å². The molecule has 2 rings (SSSR count). The number of nitrogens with zero attached hydrogens (tertiary/aromatic N) is 1. The number of carbonyl (C=O) groups excluding carboxylic acids is 2. The van der Waals surface area contributed by atoms with E-state index in [9.17, 15) is 9.59 Å². The molecule has 0 aliphatic rings. The minimum Gasteiger partial charge on any atom is -0.461 e. The van der Waals surface area contributed by atoms with Crippen LogP contribution in [0.1, 0.15) is 54.8 Å². The maximum absolute atomic E-state index is 12.3. The summed E-state index contributed by atoms with van der Waals surface area (Å²) in [7, 11) is 0. The average molecular weight is 423 g/mol.